The van der Waals surface area contributed by atoms with Crippen molar-refractivity contribution in [1.29, 1.82) is 0 Å². The number of amides is 2. The summed E-state index contributed by atoms with van der Waals surface area (Å²) in [5, 5.41) is 5.95. The molecule has 2 amide bonds. The Bertz CT molecular complexity index is 1360. The minimum atomic E-state index is -0.390. The number of carbonyl (C=O) groups is 3. The van der Waals surface area contributed by atoms with Crippen LogP contribution in [0.4, 0.5) is 5.69 Å². The molecule has 2 aromatic carbocycles. The zero-order valence-electron chi connectivity index (χ0n) is 21.8. The number of piperidine rings is 1. The van der Waals surface area contributed by atoms with Crippen molar-refractivity contribution in [3.05, 3.63) is 64.5 Å². The maximum atomic E-state index is 13.1. The zero-order valence-corrected chi connectivity index (χ0v) is 22.6. The number of hydrogen-bond donors (Lipinski definition) is 1. The lowest BCUT2D eigenvalue weighted by Crippen LogP contribution is -2.46. The molecule has 6 nitrogen and oxygen atoms in total. The predicted molar refractivity (Wildman–Crippen MR) is 152 cm³/mol. The molecule has 0 saturated carbocycles. The molecular weight excluding hydrogens is 494 g/mol. The number of nitrogens with zero attached hydrogens (tertiary/aromatic N) is 2. The number of anilines is 1. The zero-order chi connectivity index (χ0) is 26.1. The van der Waals surface area contributed by atoms with Crippen LogP contribution in [0.15, 0.2) is 47.8 Å². The Hall–Kier alpha value is -3.03. The number of piperazine rings is 1. The van der Waals surface area contributed by atoms with Gasteiger partial charge in [-0.2, -0.15) is 0 Å². The Morgan fingerprint density at radius 3 is 2.58 bits per heavy atom. The Kier molecular flexibility index (Phi) is 7.30. The lowest BCUT2D eigenvalue weighted by atomic mass is 9.82. The van der Waals surface area contributed by atoms with Crippen molar-refractivity contribution in [2.75, 3.05) is 37.6 Å². The molecule has 3 aromatic rings. The SMILES string of the molecule is O=C1CCC(C2Cc3c(CCCCCN4CCN(c5cccc6ccsc56)CC4)cccc3C2=O)C(=O)N1. The van der Waals surface area contributed by atoms with Gasteiger partial charge in [0.2, 0.25) is 11.8 Å². The van der Waals surface area contributed by atoms with Crippen molar-refractivity contribution >= 4 is 44.7 Å². The predicted octanol–water partition coefficient (Wildman–Crippen LogP) is 4.84. The van der Waals surface area contributed by atoms with Gasteiger partial charge >= 0.3 is 0 Å². The fourth-order valence-corrected chi connectivity index (χ4v) is 7.48. The van der Waals surface area contributed by atoms with Crippen molar-refractivity contribution in [3.63, 3.8) is 0 Å². The van der Waals surface area contributed by atoms with Crippen LogP contribution in [0.2, 0.25) is 0 Å². The van der Waals surface area contributed by atoms with Gasteiger partial charge < -0.3 is 4.90 Å². The molecule has 1 aliphatic carbocycles. The van der Waals surface area contributed by atoms with E-state index in [1.54, 1.807) is 0 Å². The first-order valence-electron chi connectivity index (χ1n) is 14.0. The van der Waals surface area contributed by atoms with E-state index in [2.05, 4.69) is 50.8 Å². The van der Waals surface area contributed by atoms with Gasteiger partial charge in [0, 0.05) is 50.0 Å². The number of unbranched alkanes of at least 4 members (excludes halogenated alkanes) is 2. The molecule has 2 atom stereocenters. The molecule has 6 rings (SSSR count). The number of aryl methyl sites for hydroxylation is 1. The topological polar surface area (TPSA) is 69.7 Å². The molecular formula is C31H35N3O3S. The minimum Gasteiger partial charge on any atom is -0.368 e. The van der Waals surface area contributed by atoms with Crippen LogP contribution >= 0.6 is 11.3 Å². The highest BCUT2D eigenvalue weighted by Gasteiger charge is 2.42. The van der Waals surface area contributed by atoms with Gasteiger partial charge in [-0.25, -0.2) is 0 Å². The number of thiophene rings is 1. The first-order valence-corrected chi connectivity index (χ1v) is 14.9. The molecule has 0 radical (unpaired) electrons. The number of carbonyl (C=O) groups excluding carboxylic acids is 3. The standard InChI is InChI=1S/C31H35N3O3S/c35-28-12-11-24(31(37)32-28)26-20-25-21(7-4-9-23(25)29(26)36)6-2-1-3-14-33-15-17-34(18-16-33)27-10-5-8-22-13-19-38-30(22)27/h4-5,7-10,13,19,24,26H,1-3,6,11-12,14-18,20H2,(H,32,35,37). The molecule has 198 valence electrons. The van der Waals surface area contributed by atoms with E-state index in [9.17, 15) is 14.4 Å². The lowest BCUT2D eigenvalue weighted by Gasteiger charge is -2.36. The number of Topliss-reactive ketones (excluding diaryl/α,β-unsaturated/α-hetero) is 1. The molecule has 3 aliphatic rings. The molecule has 1 aromatic heterocycles. The number of hydrogen-bond acceptors (Lipinski definition) is 6. The van der Waals surface area contributed by atoms with E-state index in [4.69, 9.17) is 0 Å². The number of ketones is 1. The molecule has 38 heavy (non-hydrogen) atoms. The summed E-state index contributed by atoms with van der Waals surface area (Å²) in [4.78, 5) is 42.2. The van der Waals surface area contributed by atoms with Gasteiger partial charge in [-0.1, -0.05) is 36.8 Å². The van der Waals surface area contributed by atoms with Crippen LogP contribution in [0, 0.1) is 11.8 Å². The van der Waals surface area contributed by atoms with Gasteiger partial charge in [0.05, 0.1) is 10.4 Å². The van der Waals surface area contributed by atoms with Crippen molar-refractivity contribution in [1.82, 2.24) is 10.2 Å². The van der Waals surface area contributed by atoms with Gasteiger partial charge in [0.15, 0.2) is 5.78 Å². The third-order valence-electron chi connectivity index (χ3n) is 8.66. The van der Waals surface area contributed by atoms with Gasteiger partial charge in [-0.05, 0) is 72.7 Å². The van der Waals surface area contributed by atoms with Crippen LogP contribution < -0.4 is 10.2 Å². The van der Waals surface area contributed by atoms with Crippen LogP contribution in [-0.4, -0.2) is 55.2 Å². The molecule has 3 heterocycles. The fourth-order valence-electron chi connectivity index (χ4n) is 6.54. The highest BCUT2D eigenvalue weighted by molar-refractivity contribution is 7.17. The minimum absolute atomic E-state index is 0.0748. The van der Waals surface area contributed by atoms with Gasteiger partial charge in [-0.15, -0.1) is 11.3 Å². The van der Waals surface area contributed by atoms with Crippen molar-refractivity contribution in [3.8, 4) is 0 Å². The molecule has 2 saturated heterocycles. The summed E-state index contributed by atoms with van der Waals surface area (Å²) in [6, 6.07) is 14.9. The van der Waals surface area contributed by atoms with Crippen molar-refractivity contribution in [2.24, 2.45) is 11.8 Å². The third kappa shape index (κ3) is 5.02. The molecule has 2 unspecified atom stereocenters. The molecule has 7 heteroatoms. The van der Waals surface area contributed by atoms with Gasteiger partial charge in [0.25, 0.3) is 0 Å². The molecule has 2 aliphatic heterocycles. The maximum absolute atomic E-state index is 13.1. The van der Waals surface area contributed by atoms with Gasteiger partial charge in [-0.3, -0.25) is 24.6 Å². The number of nitrogens with one attached hydrogen (secondary N) is 1. The summed E-state index contributed by atoms with van der Waals surface area (Å²) in [6.07, 6.45) is 5.85. The summed E-state index contributed by atoms with van der Waals surface area (Å²) in [7, 11) is 0. The molecule has 0 bridgehead atoms. The van der Waals surface area contributed by atoms with Crippen molar-refractivity contribution in [2.45, 2.75) is 44.9 Å². The first kappa shape index (κ1) is 25.3. The van der Waals surface area contributed by atoms with Crippen molar-refractivity contribution < 1.29 is 14.4 Å². The van der Waals surface area contributed by atoms with E-state index < -0.39 is 0 Å². The van der Waals surface area contributed by atoms with Crippen LogP contribution in [0.25, 0.3) is 10.1 Å². The van der Waals surface area contributed by atoms with E-state index in [0.29, 0.717) is 19.3 Å². The van der Waals surface area contributed by atoms with Crippen LogP contribution in [0.5, 0.6) is 0 Å². The summed E-state index contributed by atoms with van der Waals surface area (Å²) in [5.41, 5.74) is 4.55. The van der Waals surface area contributed by atoms with E-state index >= 15 is 0 Å². The van der Waals surface area contributed by atoms with Crippen LogP contribution in [-0.2, 0) is 22.4 Å². The fraction of sp³-hybridized carbons (Fsp3) is 0.452. The Morgan fingerprint density at radius 2 is 1.74 bits per heavy atom. The number of benzene rings is 2. The average molecular weight is 530 g/mol. The quantitative estimate of drug-likeness (QED) is 0.334. The second-order valence-electron chi connectivity index (χ2n) is 10.9. The molecule has 2 fully saturated rings. The monoisotopic (exact) mass is 529 g/mol. The normalized spacial score (nSPS) is 22.2. The molecule has 1 N–H and O–H groups in total. The number of fused-ring (bicyclic) bond motifs is 2. The second-order valence-corrected chi connectivity index (χ2v) is 11.8. The van der Waals surface area contributed by atoms with E-state index in [1.807, 2.05) is 23.5 Å². The number of rotatable bonds is 8. The highest BCUT2D eigenvalue weighted by Crippen LogP contribution is 2.37. The average Bonchev–Trinajstić information content (AvgIpc) is 3.54. The molecule has 0 spiro atoms. The smallest absolute Gasteiger partial charge is 0.230 e. The second kappa shape index (κ2) is 11.0. The maximum Gasteiger partial charge on any atom is 0.230 e. The first-order chi connectivity index (χ1) is 18.6. The Morgan fingerprint density at radius 1 is 0.895 bits per heavy atom. The number of imide groups is 1. The van der Waals surface area contributed by atoms with Gasteiger partial charge in [0.1, 0.15) is 0 Å². The third-order valence-corrected chi connectivity index (χ3v) is 9.61. The van der Waals surface area contributed by atoms with E-state index in [0.717, 1.165) is 56.7 Å². The Labute approximate surface area is 228 Å². The largest absolute Gasteiger partial charge is 0.368 e. The summed E-state index contributed by atoms with van der Waals surface area (Å²) < 4.78 is 1.40. The Balaban J connectivity index is 0.964. The van der Waals surface area contributed by atoms with E-state index in [-0.39, 0.29) is 29.4 Å². The lowest BCUT2D eigenvalue weighted by molar-refractivity contribution is -0.137. The highest BCUT2D eigenvalue weighted by atomic mass is 32.1. The summed E-state index contributed by atoms with van der Waals surface area (Å²) in [6.45, 7) is 5.51. The summed E-state index contributed by atoms with van der Waals surface area (Å²) in [5.74, 6) is -1.15. The van der Waals surface area contributed by atoms with E-state index in [1.165, 1.54) is 34.2 Å². The summed E-state index contributed by atoms with van der Waals surface area (Å²) >= 11 is 1.84. The van der Waals surface area contributed by atoms with Crippen LogP contribution in [0.3, 0.4) is 0 Å². The van der Waals surface area contributed by atoms with Crippen LogP contribution in [0.1, 0.15) is 53.6 Å².